The van der Waals surface area contributed by atoms with Crippen LogP contribution in [0.5, 0.6) is 0 Å². The fraction of sp³-hybridized carbons (Fsp3) is 0.412. The second-order valence-corrected chi connectivity index (χ2v) is 7.28. The lowest BCUT2D eigenvalue weighted by Crippen LogP contribution is -2.41. The molecular formula is C17H18N4O2S. The highest BCUT2D eigenvalue weighted by atomic mass is 32.1. The van der Waals surface area contributed by atoms with Gasteiger partial charge in [0.1, 0.15) is 5.69 Å². The van der Waals surface area contributed by atoms with Crippen LogP contribution in [0.1, 0.15) is 40.3 Å². The lowest BCUT2D eigenvalue weighted by atomic mass is 9.84. The molecule has 7 heteroatoms. The van der Waals surface area contributed by atoms with E-state index in [1.807, 2.05) is 4.90 Å². The molecule has 0 spiro atoms. The predicted molar refractivity (Wildman–Crippen MR) is 90.8 cm³/mol. The summed E-state index contributed by atoms with van der Waals surface area (Å²) in [7, 11) is 0. The molecule has 1 saturated carbocycles. The second-order valence-electron chi connectivity index (χ2n) is 6.20. The lowest BCUT2D eigenvalue weighted by Gasteiger charge is -2.33. The summed E-state index contributed by atoms with van der Waals surface area (Å²) in [4.78, 5) is 36.1. The molecule has 0 atom stereocenters. The van der Waals surface area contributed by atoms with Crippen molar-refractivity contribution in [3.05, 3.63) is 40.7 Å². The van der Waals surface area contributed by atoms with Crippen molar-refractivity contribution in [3.63, 3.8) is 0 Å². The number of hydrogen-bond acceptors (Lipinski definition) is 5. The van der Waals surface area contributed by atoms with Crippen LogP contribution in [0.25, 0.3) is 0 Å². The Morgan fingerprint density at radius 2 is 2.17 bits per heavy atom. The molecule has 1 N–H and O–H groups in total. The third kappa shape index (κ3) is 2.91. The first-order chi connectivity index (χ1) is 11.7. The van der Waals surface area contributed by atoms with Gasteiger partial charge in [0.2, 0.25) is 5.91 Å². The van der Waals surface area contributed by atoms with E-state index in [0.717, 1.165) is 36.4 Å². The van der Waals surface area contributed by atoms with Crippen LogP contribution in [0.4, 0.5) is 5.13 Å². The molecule has 3 heterocycles. The topological polar surface area (TPSA) is 75.2 Å². The molecule has 2 aliphatic rings. The zero-order chi connectivity index (χ0) is 16.5. The van der Waals surface area contributed by atoms with Crippen molar-refractivity contribution in [2.45, 2.75) is 32.2 Å². The number of amides is 2. The summed E-state index contributed by atoms with van der Waals surface area (Å²) in [5, 5.41) is 3.38. The van der Waals surface area contributed by atoms with Crippen molar-refractivity contribution in [3.8, 4) is 0 Å². The molecule has 0 unspecified atom stereocenters. The number of carbonyl (C=O) groups excluding carboxylic acids is 2. The molecule has 1 aliphatic heterocycles. The summed E-state index contributed by atoms with van der Waals surface area (Å²) in [5.41, 5.74) is 1.36. The van der Waals surface area contributed by atoms with Gasteiger partial charge >= 0.3 is 0 Å². The van der Waals surface area contributed by atoms with Crippen molar-refractivity contribution >= 4 is 28.3 Å². The maximum atomic E-state index is 12.4. The number of pyridine rings is 1. The van der Waals surface area contributed by atoms with Crippen molar-refractivity contribution in [1.82, 2.24) is 14.9 Å². The first-order valence-electron chi connectivity index (χ1n) is 8.20. The van der Waals surface area contributed by atoms with E-state index in [2.05, 4.69) is 15.3 Å². The van der Waals surface area contributed by atoms with E-state index in [1.54, 1.807) is 24.4 Å². The van der Waals surface area contributed by atoms with Crippen LogP contribution in [-0.2, 0) is 17.8 Å². The molecule has 0 aromatic carbocycles. The fourth-order valence-corrected chi connectivity index (χ4v) is 4.03. The zero-order valence-electron chi connectivity index (χ0n) is 13.2. The average Bonchev–Trinajstić information content (AvgIpc) is 2.95. The molecule has 1 aliphatic carbocycles. The van der Waals surface area contributed by atoms with Gasteiger partial charge in [-0.05, 0) is 25.0 Å². The molecule has 6 nitrogen and oxygen atoms in total. The van der Waals surface area contributed by atoms with Gasteiger partial charge in [0.25, 0.3) is 5.91 Å². The lowest BCUT2D eigenvalue weighted by molar-refractivity contribution is -0.139. The number of carbonyl (C=O) groups is 2. The molecule has 0 bridgehead atoms. The molecule has 2 aromatic heterocycles. The van der Waals surface area contributed by atoms with Gasteiger partial charge in [0.05, 0.1) is 12.2 Å². The standard InChI is InChI=1S/C17H18N4O2S/c22-15(13-6-1-2-8-18-13)20-17-19-12-7-9-21(10-14(12)24-17)16(23)11-4-3-5-11/h1-2,6,8,11H,3-5,7,9-10H2,(H,19,20,22). The van der Waals surface area contributed by atoms with Crippen LogP contribution < -0.4 is 5.32 Å². The molecular weight excluding hydrogens is 324 g/mol. The Bertz CT molecular complexity index is 770. The second kappa shape index (κ2) is 6.32. The number of thiazole rings is 1. The summed E-state index contributed by atoms with van der Waals surface area (Å²) in [6.07, 6.45) is 5.56. The maximum absolute atomic E-state index is 12.4. The number of anilines is 1. The van der Waals surface area contributed by atoms with Crippen LogP contribution in [0, 0.1) is 5.92 Å². The van der Waals surface area contributed by atoms with E-state index >= 15 is 0 Å². The van der Waals surface area contributed by atoms with Gasteiger partial charge in [-0.15, -0.1) is 0 Å². The summed E-state index contributed by atoms with van der Waals surface area (Å²) in [5.74, 6) is 0.242. The number of aromatic nitrogens is 2. The number of hydrogen-bond donors (Lipinski definition) is 1. The summed E-state index contributed by atoms with van der Waals surface area (Å²) >= 11 is 1.45. The van der Waals surface area contributed by atoms with Crippen LogP contribution in [0.3, 0.4) is 0 Å². The van der Waals surface area contributed by atoms with Gasteiger partial charge in [-0.1, -0.05) is 23.8 Å². The number of nitrogens with one attached hydrogen (secondary N) is 1. The van der Waals surface area contributed by atoms with Crippen molar-refractivity contribution in [1.29, 1.82) is 0 Å². The van der Waals surface area contributed by atoms with E-state index in [0.29, 0.717) is 17.4 Å². The quantitative estimate of drug-likeness (QED) is 0.930. The highest BCUT2D eigenvalue weighted by Crippen LogP contribution is 2.33. The Morgan fingerprint density at radius 1 is 1.29 bits per heavy atom. The molecule has 24 heavy (non-hydrogen) atoms. The van der Waals surface area contributed by atoms with E-state index in [-0.39, 0.29) is 17.7 Å². The van der Waals surface area contributed by atoms with Crippen LogP contribution in [0.15, 0.2) is 24.4 Å². The van der Waals surface area contributed by atoms with Gasteiger partial charge in [-0.2, -0.15) is 0 Å². The van der Waals surface area contributed by atoms with Crippen LogP contribution in [-0.4, -0.2) is 33.2 Å². The molecule has 2 aromatic rings. The van der Waals surface area contributed by atoms with Gasteiger partial charge in [-0.25, -0.2) is 4.98 Å². The third-order valence-electron chi connectivity index (χ3n) is 4.62. The monoisotopic (exact) mass is 342 g/mol. The molecule has 1 fully saturated rings. The average molecular weight is 342 g/mol. The Balaban J connectivity index is 1.44. The molecule has 0 saturated heterocycles. The number of nitrogens with zero attached hydrogens (tertiary/aromatic N) is 3. The molecule has 124 valence electrons. The summed E-state index contributed by atoms with van der Waals surface area (Å²) in [6.45, 7) is 1.33. The Hall–Kier alpha value is -2.28. The van der Waals surface area contributed by atoms with Crippen LogP contribution in [0.2, 0.25) is 0 Å². The largest absolute Gasteiger partial charge is 0.337 e. The predicted octanol–water partition coefficient (Wildman–Crippen LogP) is 2.48. The van der Waals surface area contributed by atoms with Gasteiger partial charge in [0, 0.05) is 30.0 Å². The van der Waals surface area contributed by atoms with Crippen molar-refractivity contribution in [2.24, 2.45) is 5.92 Å². The summed E-state index contributed by atoms with van der Waals surface area (Å²) < 4.78 is 0. The summed E-state index contributed by atoms with van der Waals surface area (Å²) in [6, 6.07) is 5.22. The normalized spacial score (nSPS) is 17.1. The first-order valence-corrected chi connectivity index (χ1v) is 9.02. The third-order valence-corrected chi connectivity index (χ3v) is 5.61. The minimum absolute atomic E-state index is 0.225. The highest BCUT2D eigenvalue weighted by Gasteiger charge is 2.32. The Kier molecular flexibility index (Phi) is 4.02. The minimum Gasteiger partial charge on any atom is -0.337 e. The molecule has 0 radical (unpaired) electrons. The highest BCUT2D eigenvalue weighted by molar-refractivity contribution is 7.15. The van der Waals surface area contributed by atoms with E-state index in [4.69, 9.17) is 0 Å². The zero-order valence-corrected chi connectivity index (χ0v) is 14.0. The number of rotatable bonds is 3. The SMILES string of the molecule is O=C(Nc1nc2c(s1)CN(C(=O)C1CCC1)CC2)c1ccccn1. The molecule has 2 amide bonds. The van der Waals surface area contributed by atoms with Gasteiger partial charge < -0.3 is 4.90 Å². The van der Waals surface area contributed by atoms with E-state index in [9.17, 15) is 9.59 Å². The smallest absolute Gasteiger partial charge is 0.276 e. The first kappa shape index (κ1) is 15.3. The number of fused-ring (bicyclic) bond motifs is 1. The van der Waals surface area contributed by atoms with E-state index < -0.39 is 0 Å². The Labute approximate surface area is 143 Å². The van der Waals surface area contributed by atoms with Crippen molar-refractivity contribution < 1.29 is 9.59 Å². The van der Waals surface area contributed by atoms with E-state index in [1.165, 1.54) is 17.8 Å². The minimum atomic E-state index is -0.260. The van der Waals surface area contributed by atoms with Crippen LogP contribution >= 0.6 is 11.3 Å². The fourth-order valence-electron chi connectivity index (χ4n) is 3.01. The van der Waals surface area contributed by atoms with Crippen molar-refractivity contribution in [2.75, 3.05) is 11.9 Å². The maximum Gasteiger partial charge on any atom is 0.276 e. The molecule has 4 rings (SSSR count). The Morgan fingerprint density at radius 3 is 2.88 bits per heavy atom. The van der Waals surface area contributed by atoms with Gasteiger partial charge in [-0.3, -0.25) is 19.9 Å². The van der Waals surface area contributed by atoms with Gasteiger partial charge in [0.15, 0.2) is 5.13 Å².